The fraction of sp³-hybridized carbons (Fsp3) is 0.300. The zero-order valence-corrected chi connectivity index (χ0v) is 44.5. The molecule has 1 atom stereocenters. The number of para-hydroxylation sites is 1. The second-order valence-corrected chi connectivity index (χ2v) is 21.9. The van der Waals surface area contributed by atoms with Crippen molar-refractivity contribution >= 4 is 78.7 Å². The number of piperazine rings is 1. The number of aryl methyl sites for hydroxylation is 2. The Balaban J connectivity index is 0.730. The Kier molecular flexibility index (Phi) is 13.8. The number of ether oxygens (including phenoxy) is 2. The van der Waals surface area contributed by atoms with Gasteiger partial charge in [-0.15, -0.1) is 0 Å². The molecule has 0 spiro atoms. The molecule has 0 aliphatic carbocycles. The van der Waals surface area contributed by atoms with Crippen LogP contribution < -0.4 is 25.2 Å². The zero-order valence-electron chi connectivity index (χ0n) is 43.7. The van der Waals surface area contributed by atoms with Crippen molar-refractivity contribution in [2.45, 2.75) is 77.9 Å². The number of amides is 4. The molecule has 3 aromatic heterocycles. The van der Waals surface area contributed by atoms with Gasteiger partial charge in [0.2, 0.25) is 17.7 Å². The van der Waals surface area contributed by atoms with Gasteiger partial charge in [-0.05, 0) is 142 Å². The molecule has 8 aromatic rings. The van der Waals surface area contributed by atoms with Crippen molar-refractivity contribution in [3.8, 4) is 22.6 Å². The van der Waals surface area contributed by atoms with Crippen molar-refractivity contribution in [1.82, 2.24) is 30.0 Å². The summed E-state index contributed by atoms with van der Waals surface area (Å²) in [5.74, 6) is 0.168. The summed E-state index contributed by atoms with van der Waals surface area (Å²) in [6.07, 6.45) is 2.40. The maximum Gasteiger partial charge on any atom is 0.358 e. The second kappa shape index (κ2) is 20.9. The number of aromatic nitrogens is 4. The van der Waals surface area contributed by atoms with Crippen LogP contribution in [0.4, 0.5) is 16.6 Å². The first-order valence-electron chi connectivity index (χ1n) is 26.1. The van der Waals surface area contributed by atoms with Crippen molar-refractivity contribution in [2.24, 2.45) is 7.05 Å². The van der Waals surface area contributed by atoms with Crippen LogP contribution in [0.3, 0.4) is 0 Å². The first kappa shape index (κ1) is 50.7. The molecule has 6 heterocycles. The van der Waals surface area contributed by atoms with Gasteiger partial charge in [0.15, 0.2) is 10.8 Å². The largest absolute Gasteiger partial charge is 0.457 e. The SMILES string of the molecule is Cc1c(Oc2ccc(CCC(=O)N3CCN(c4ccc5c(C6CCC(=O)NC6=O)nn(C)c5c4)CC3)cc2)cccc1-c1ccc(N2CCc3cccc(C(=O)Nc4nc5ccccc5s4)c3C2)nc1C(=O)OC(C)(C)C. The summed E-state index contributed by atoms with van der Waals surface area (Å²) >= 11 is 1.44. The van der Waals surface area contributed by atoms with Crippen LogP contribution in [0.5, 0.6) is 11.5 Å². The molecule has 0 bridgehead atoms. The number of hydrogen-bond acceptors (Lipinski definition) is 13. The predicted octanol–water partition coefficient (Wildman–Crippen LogP) is 9.92. The normalized spacial score (nSPS) is 15.9. The highest BCUT2D eigenvalue weighted by Gasteiger charge is 2.33. The van der Waals surface area contributed by atoms with E-state index >= 15 is 0 Å². The molecule has 16 nitrogen and oxygen atoms in total. The molecule has 392 valence electrons. The lowest BCUT2D eigenvalue weighted by Crippen LogP contribution is -2.48. The molecule has 2 fully saturated rings. The molecule has 3 aliphatic heterocycles. The summed E-state index contributed by atoms with van der Waals surface area (Å²) in [6, 6.07) is 37.1. The van der Waals surface area contributed by atoms with Gasteiger partial charge in [-0.2, -0.15) is 5.10 Å². The third-order valence-electron chi connectivity index (χ3n) is 14.6. The highest BCUT2D eigenvalue weighted by Crippen LogP contribution is 2.38. The number of fused-ring (bicyclic) bond motifs is 3. The third-order valence-corrected chi connectivity index (χ3v) is 15.6. The molecule has 0 saturated carbocycles. The lowest BCUT2D eigenvalue weighted by molar-refractivity contribution is -0.134. The van der Waals surface area contributed by atoms with Crippen LogP contribution >= 0.6 is 11.3 Å². The lowest BCUT2D eigenvalue weighted by atomic mass is 9.93. The first-order valence-corrected chi connectivity index (χ1v) is 26.9. The van der Waals surface area contributed by atoms with Crippen molar-refractivity contribution in [2.75, 3.05) is 47.8 Å². The quantitative estimate of drug-likeness (QED) is 0.0875. The molecule has 2 N–H and O–H groups in total. The molecular weight excluding hydrogens is 991 g/mol. The average Bonchev–Trinajstić information content (AvgIpc) is 4.11. The summed E-state index contributed by atoms with van der Waals surface area (Å²) < 4.78 is 15.2. The van der Waals surface area contributed by atoms with Gasteiger partial charge in [-0.1, -0.05) is 59.9 Å². The van der Waals surface area contributed by atoms with Crippen LogP contribution in [-0.4, -0.2) is 92.6 Å². The molecule has 77 heavy (non-hydrogen) atoms. The van der Waals surface area contributed by atoms with Gasteiger partial charge in [0.25, 0.3) is 5.91 Å². The Morgan fingerprint density at radius 2 is 1.61 bits per heavy atom. The Hall–Kier alpha value is -8.44. The van der Waals surface area contributed by atoms with Gasteiger partial charge in [0.05, 0.1) is 27.3 Å². The topological polar surface area (TPSA) is 181 Å². The number of carbonyl (C=O) groups excluding carboxylic acids is 5. The number of pyridine rings is 1. The summed E-state index contributed by atoms with van der Waals surface area (Å²) in [5, 5.41) is 11.6. The summed E-state index contributed by atoms with van der Waals surface area (Å²) in [5.41, 5.74) is 8.64. The smallest absolute Gasteiger partial charge is 0.358 e. The molecule has 4 amide bonds. The molecule has 3 aliphatic rings. The van der Waals surface area contributed by atoms with E-state index in [1.807, 2.05) is 143 Å². The van der Waals surface area contributed by atoms with Crippen molar-refractivity contribution < 1.29 is 33.4 Å². The number of hydrogen-bond donors (Lipinski definition) is 2. The van der Waals surface area contributed by atoms with E-state index in [4.69, 9.17) is 14.5 Å². The zero-order chi connectivity index (χ0) is 53.5. The Morgan fingerprint density at radius 1 is 0.818 bits per heavy atom. The minimum absolute atomic E-state index is 0.110. The number of piperidine rings is 1. The number of esters is 1. The standard InChI is InChI=1S/C60H59N9O7S/c1-36-41(42-23-25-51(62-55(42)58(74)76-60(2,3)4)69-29-28-38-10-8-12-43(46(38)35-69)56(72)64-59-61-47-13-6-7-15-50(47)77-59)11-9-14-49(36)75-40-20-16-37(17-21-40)18-27-53(71)68-32-30-67(31-33-68)39-19-22-44-48(34-39)66(5)65-54(44)45-24-26-52(70)63-57(45)73/h6-17,19-23,25,34,45H,18,24,26-33,35H2,1-5H3,(H,61,64,72)(H,63,70,73). The maximum atomic E-state index is 14.1. The molecule has 0 radical (unpaired) electrons. The van der Waals surface area contributed by atoms with Crippen LogP contribution in [0.25, 0.3) is 32.2 Å². The third kappa shape index (κ3) is 10.7. The fourth-order valence-corrected chi connectivity index (χ4v) is 11.4. The second-order valence-electron chi connectivity index (χ2n) is 20.9. The Morgan fingerprint density at radius 3 is 2.39 bits per heavy atom. The van der Waals surface area contributed by atoms with Gasteiger partial charge in [0.1, 0.15) is 22.9 Å². The minimum atomic E-state index is -0.773. The van der Waals surface area contributed by atoms with Crippen molar-refractivity contribution in [3.63, 3.8) is 0 Å². The summed E-state index contributed by atoms with van der Waals surface area (Å²) in [6.45, 7) is 11.1. The number of imide groups is 1. The number of benzene rings is 5. The van der Waals surface area contributed by atoms with Crippen molar-refractivity contribution in [3.05, 3.63) is 154 Å². The molecule has 5 aromatic carbocycles. The number of carbonyl (C=O) groups is 5. The van der Waals surface area contributed by atoms with E-state index in [0.29, 0.717) is 111 Å². The van der Waals surface area contributed by atoms with E-state index in [1.165, 1.54) is 11.3 Å². The average molecular weight is 1050 g/mol. The van der Waals surface area contributed by atoms with E-state index in [-0.39, 0.29) is 29.3 Å². The van der Waals surface area contributed by atoms with Gasteiger partial charge in [0, 0.05) is 81.4 Å². The van der Waals surface area contributed by atoms with Crippen LogP contribution in [0.1, 0.15) is 94.7 Å². The Labute approximate surface area is 450 Å². The number of thiazole rings is 1. The number of rotatable bonds is 12. The minimum Gasteiger partial charge on any atom is -0.457 e. The highest BCUT2D eigenvalue weighted by atomic mass is 32.1. The van der Waals surface area contributed by atoms with Gasteiger partial charge < -0.3 is 24.2 Å². The van der Waals surface area contributed by atoms with Crippen LogP contribution in [0.2, 0.25) is 0 Å². The van der Waals surface area contributed by atoms with Crippen LogP contribution in [0, 0.1) is 6.92 Å². The first-order chi connectivity index (χ1) is 37.1. The van der Waals surface area contributed by atoms with E-state index in [2.05, 4.69) is 42.6 Å². The Bertz CT molecular complexity index is 3600. The van der Waals surface area contributed by atoms with Gasteiger partial charge in [-0.25, -0.2) is 14.8 Å². The maximum absolute atomic E-state index is 14.1. The van der Waals surface area contributed by atoms with E-state index in [9.17, 15) is 24.0 Å². The molecule has 11 rings (SSSR count). The summed E-state index contributed by atoms with van der Waals surface area (Å²) in [7, 11) is 1.87. The molecular formula is C60H59N9O7S. The van der Waals surface area contributed by atoms with E-state index in [1.54, 1.807) is 4.68 Å². The van der Waals surface area contributed by atoms with Crippen LogP contribution in [-0.2, 0) is 45.6 Å². The molecule has 17 heteroatoms. The predicted molar refractivity (Wildman–Crippen MR) is 298 cm³/mol. The van der Waals surface area contributed by atoms with Crippen molar-refractivity contribution in [1.29, 1.82) is 0 Å². The molecule has 2 saturated heterocycles. The van der Waals surface area contributed by atoms with Gasteiger partial charge >= 0.3 is 5.97 Å². The fourth-order valence-electron chi connectivity index (χ4n) is 10.6. The highest BCUT2D eigenvalue weighted by molar-refractivity contribution is 7.22. The summed E-state index contributed by atoms with van der Waals surface area (Å²) in [4.78, 5) is 81.7. The number of anilines is 3. The van der Waals surface area contributed by atoms with E-state index < -0.39 is 17.5 Å². The van der Waals surface area contributed by atoms with E-state index in [0.717, 1.165) is 54.6 Å². The van der Waals surface area contributed by atoms with Crippen LogP contribution in [0.15, 0.2) is 115 Å². The lowest BCUT2D eigenvalue weighted by Gasteiger charge is -2.36. The number of nitrogens with zero attached hydrogens (tertiary/aromatic N) is 7. The number of nitrogens with one attached hydrogen (secondary N) is 2. The van der Waals surface area contributed by atoms with Gasteiger partial charge in [-0.3, -0.25) is 34.5 Å². The molecule has 1 unspecified atom stereocenters. The monoisotopic (exact) mass is 1050 g/mol.